The Morgan fingerprint density at radius 1 is 1.70 bits per heavy atom. The van der Waals surface area contributed by atoms with Gasteiger partial charge in [-0.15, -0.1) is 0 Å². The van der Waals surface area contributed by atoms with Gasteiger partial charge in [0.15, 0.2) is 0 Å². The largest absolute Gasteiger partial charge is 0.383 e. The van der Waals surface area contributed by atoms with Gasteiger partial charge < -0.3 is 10.5 Å². The second-order valence-corrected chi connectivity index (χ2v) is 2.84. The number of ether oxygens (including phenoxy) is 1. The third kappa shape index (κ3) is 2.25. The number of rotatable bonds is 3. The molecule has 0 unspecified atom stereocenters. The molecule has 0 aromatic heterocycles. The zero-order valence-corrected chi connectivity index (χ0v) is 6.55. The monoisotopic (exact) mass is 144 g/mol. The van der Waals surface area contributed by atoms with Crippen LogP contribution in [0.2, 0.25) is 0 Å². The van der Waals surface area contributed by atoms with Crippen LogP contribution in [0.25, 0.3) is 0 Å². The summed E-state index contributed by atoms with van der Waals surface area (Å²) in [6, 6.07) is 0.400. The highest BCUT2D eigenvalue weighted by molar-refractivity contribution is 4.77. The standard InChI is InChI=1S/C7H16N2O/c1-10-5-4-9-3-2-7(8)6-9/h7H,2-6,8H2,1H3/t7-/m1/s1. The third-order valence-electron chi connectivity index (χ3n) is 1.92. The van der Waals surface area contributed by atoms with Crippen LogP contribution >= 0.6 is 0 Å². The maximum Gasteiger partial charge on any atom is 0.0589 e. The van der Waals surface area contributed by atoms with Gasteiger partial charge in [-0.1, -0.05) is 0 Å². The van der Waals surface area contributed by atoms with E-state index in [1.807, 2.05) is 0 Å². The van der Waals surface area contributed by atoms with Gasteiger partial charge in [-0.25, -0.2) is 0 Å². The molecule has 2 N–H and O–H groups in total. The highest BCUT2D eigenvalue weighted by atomic mass is 16.5. The molecule has 10 heavy (non-hydrogen) atoms. The average Bonchev–Trinajstić information content (AvgIpc) is 2.31. The lowest BCUT2D eigenvalue weighted by molar-refractivity contribution is 0.160. The first kappa shape index (κ1) is 7.98. The molecule has 0 spiro atoms. The van der Waals surface area contributed by atoms with Gasteiger partial charge in [0.1, 0.15) is 0 Å². The van der Waals surface area contributed by atoms with E-state index >= 15 is 0 Å². The topological polar surface area (TPSA) is 38.5 Å². The van der Waals surface area contributed by atoms with Crippen molar-refractivity contribution in [1.82, 2.24) is 4.90 Å². The summed E-state index contributed by atoms with van der Waals surface area (Å²) >= 11 is 0. The second kappa shape index (κ2) is 3.91. The molecule has 0 saturated carbocycles. The van der Waals surface area contributed by atoms with Gasteiger partial charge in [0, 0.05) is 26.2 Å². The van der Waals surface area contributed by atoms with Gasteiger partial charge >= 0.3 is 0 Å². The zero-order chi connectivity index (χ0) is 7.40. The smallest absolute Gasteiger partial charge is 0.0589 e. The first-order valence-corrected chi connectivity index (χ1v) is 3.80. The lowest BCUT2D eigenvalue weighted by Crippen LogP contribution is -2.28. The van der Waals surface area contributed by atoms with Crippen molar-refractivity contribution in [2.45, 2.75) is 12.5 Å². The predicted molar refractivity (Wildman–Crippen MR) is 40.9 cm³/mol. The Bertz CT molecular complexity index is 97.6. The normalized spacial score (nSPS) is 27.6. The van der Waals surface area contributed by atoms with E-state index in [-0.39, 0.29) is 0 Å². The molecule has 60 valence electrons. The van der Waals surface area contributed by atoms with Crippen LogP contribution in [0.5, 0.6) is 0 Å². The van der Waals surface area contributed by atoms with E-state index in [9.17, 15) is 0 Å². The van der Waals surface area contributed by atoms with E-state index in [1.54, 1.807) is 7.11 Å². The van der Waals surface area contributed by atoms with Crippen molar-refractivity contribution in [3.63, 3.8) is 0 Å². The van der Waals surface area contributed by atoms with E-state index in [2.05, 4.69) is 4.90 Å². The van der Waals surface area contributed by atoms with Crippen molar-refractivity contribution >= 4 is 0 Å². The summed E-state index contributed by atoms with van der Waals surface area (Å²) in [4.78, 5) is 2.34. The molecule has 0 aliphatic carbocycles. The number of methoxy groups -OCH3 is 1. The quantitative estimate of drug-likeness (QED) is 0.589. The molecule has 0 radical (unpaired) electrons. The lowest BCUT2D eigenvalue weighted by Gasteiger charge is -2.13. The highest BCUT2D eigenvalue weighted by Crippen LogP contribution is 2.05. The van der Waals surface area contributed by atoms with Crippen LogP contribution in [-0.4, -0.2) is 44.3 Å². The summed E-state index contributed by atoms with van der Waals surface area (Å²) < 4.78 is 4.96. The first-order chi connectivity index (χ1) is 4.83. The minimum absolute atomic E-state index is 0.400. The molecule has 1 saturated heterocycles. The van der Waals surface area contributed by atoms with E-state index in [1.165, 1.54) is 0 Å². The Labute approximate surface area is 62.1 Å². The maximum atomic E-state index is 5.71. The Hall–Kier alpha value is -0.120. The van der Waals surface area contributed by atoms with Gasteiger partial charge in [-0.2, -0.15) is 0 Å². The molecule has 0 aromatic carbocycles. The van der Waals surface area contributed by atoms with Crippen LogP contribution in [0.4, 0.5) is 0 Å². The van der Waals surface area contributed by atoms with Crippen LogP contribution in [-0.2, 0) is 4.74 Å². The Balaban J connectivity index is 2.06. The fraction of sp³-hybridized carbons (Fsp3) is 1.00. The molecule has 1 atom stereocenters. The minimum atomic E-state index is 0.400. The van der Waals surface area contributed by atoms with Crippen molar-refractivity contribution in [3.8, 4) is 0 Å². The number of hydrogen-bond acceptors (Lipinski definition) is 3. The summed E-state index contributed by atoms with van der Waals surface area (Å²) in [5.41, 5.74) is 5.71. The molecular weight excluding hydrogens is 128 g/mol. The van der Waals surface area contributed by atoms with Crippen molar-refractivity contribution in [2.75, 3.05) is 33.4 Å². The van der Waals surface area contributed by atoms with Gasteiger partial charge in [-0.05, 0) is 13.0 Å². The zero-order valence-electron chi connectivity index (χ0n) is 6.55. The molecule has 3 heteroatoms. The SMILES string of the molecule is COCCN1CC[C@@H](N)C1. The van der Waals surface area contributed by atoms with Crippen LogP contribution in [0.3, 0.4) is 0 Å². The van der Waals surface area contributed by atoms with E-state index < -0.39 is 0 Å². The second-order valence-electron chi connectivity index (χ2n) is 2.84. The Morgan fingerprint density at radius 2 is 2.50 bits per heavy atom. The van der Waals surface area contributed by atoms with E-state index in [0.717, 1.165) is 32.7 Å². The number of hydrogen-bond donors (Lipinski definition) is 1. The molecule has 0 bridgehead atoms. The summed E-state index contributed by atoms with van der Waals surface area (Å²) in [7, 11) is 1.73. The summed E-state index contributed by atoms with van der Waals surface area (Å²) in [6.45, 7) is 4.05. The Morgan fingerprint density at radius 3 is 3.00 bits per heavy atom. The fourth-order valence-electron chi connectivity index (χ4n) is 1.29. The van der Waals surface area contributed by atoms with E-state index in [4.69, 9.17) is 10.5 Å². The first-order valence-electron chi connectivity index (χ1n) is 3.80. The average molecular weight is 144 g/mol. The van der Waals surface area contributed by atoms with E-state index in [0.29, 0.717) is 6.04 Å². The molecule has 0 aromatic rings. The van der Waals surface area contributed by atoms with Crippen LogP contribution in [0, 0.1) is 0 Å². The van der Waals surface area contributed by atoms with Gasteiger partial charge in [0.25, 0.3) is 0 Å². The molecule has 1 aliphatic heterocycles. The van der Waals surface area contributed by atoms with Crippen molar-refractivity contribution in [1.29, 1.82) is 0 Å². The van der Waals surface area contributed by atoms with Crippen LogP contribution in [0.15, 0.2) is 0 Å². The summed E-state index contributed by atoms with van der Waals surface area (Å²) in [5.74, 6) is 0. The van der Waals surface area contributed by atoms with Crippen molar-refractivity contribution < 1.29 is 4.74 Å². The predicted octanol–water partition coefficient (Wildman–Crippen LogP) is -0.334. The molecule has 1 aliphatic rings. The molecule has 1 fully saturated rings. The maximum absolute atomic E-state index is 5.71. The lowest BCUT2D eigenvalue weighted by atomic mass is 10.3. The highest BCUT2D eigenvalue weighted by Gasteiger charge is 2.17. The van der Waals surface area contributed by atoms with Crippen molar-refractivity contribution in [2.24, 2.45) is 5.73 Å². The van der Waals surface area contributed by atoms with Crippen molar-refractivity contribution in [3.05, 3.63) is 0 Å². The summed E-state index contributed by atoms with van der Waals surface area (Å²) in [6.07, 6.45) is 1.14. The molecule has 1 rings (SSSR count). The minimum Gasteiger partial charge on any atom is -0.383 e. The molecule has 3 nitrogen and oxygen atoms in total. The number of likely N-dealkylation sites (tertiary alicyclic amines) is 1. The molecule has 1 heterocycles. The number of nitrogens with zero attached hydrogens (tertiary/aromatic N) is 1. The van der Waals surface area contributed by atoms with Crippen LogP contribution in [0.1, 0.15) is 6.42 Å². The fourth-order valence-corrected chi connectivity index (χ4v) is 1.29. The Kier molecular flexibility index (Phi) is 3.12. The van der Waals surface area contributed by atoms with Gasteiger partial charge in [0.05, 0.1) is 6.61 Å². The number of nitrogens with two attached hydrogens (primary N) is 1. The third-order valence-corrected chi connectivity index (χ3v) is 1.92. The van der Waals surface area contributed by atoms with Gasteiger partial charge in [0.2, 0.25) is 0 Å². The van der Waals surface area contributed by atoms with Gasteiger partial charge in [-0.3, -0.25) is 4.90 Å². The molecule has 0 amide bonds. The molecular formula is C7H16N2O. The summed E-state index contributed by atoms with van der Waals surface area (Å²) in [5, 5.41) is 0. The van der Waals surface area contributed by atoms with Crippen LogP contribution < -0.4 is 5.73 Å².